The van der Waals surface area contributed by atoms with Crippen LogP contribution < -0.4 is 10.5 Å². The summed E-state index contributed by atoms with van der Waals surface area (Å²) in [5.41, 5.74) is 6.17. The SMILES string of the molecule is CCCc1nc(N)cc(OCc2ccccc2F)n1. The number of halogens is 1. The molecule has 1 aromatic carbocycles. The predicted octanol–water partition coefficient (Wildman–Crippen LogP) is 2.73. The van der Waals surface area contributed by atoms with Crippen LogP contribution in [-0.2, 0) is 13.0 Å². The van der Waals surface area contributed by atoms with E-state index in [0.717, 1.165) is 12.8 Å². The van der Waals surface area contributed by atoms with E-state index in [-0.39, 0.29) is 12.4 Å². The predicted molar refractivity (Wildman–Crippen MR) is 71.2 cm³/mol. The fourth-order valence-corrected chi connectivity index (χ4v) is 1.67. The molecule has 0 spiro atoms. The maximum Gasteiger partial charge on any atom is 0.219 e. The first-order valence-electron chi connectivity index (χ1n) is 6.18. The molecule has 0 atom stereocenters. The Morgan fingerprint density at radius 3 is 2.79 bits per heavy atom. The molecule has 0 fully saturated rings. The third kappa shape index (κ3) is 3.64. The van der Waals surface area contributed by atoms with Crippen LogP contribution in [-0.4, -0.2) is 9.97 Å². The minimum absolute atomic E-state index is 0.120. The molecule has 0 saturated carbocycles. The molecule has 4 nitrogen and oxygen atoms in total. The van der Waals surface area contributed by atoms with Crippen LogP contribution in [0.1, 0.15) is 24.7 Å². The Labute approximate surface area is 111 Å². The minimum atomic E-state index is -0.293. The van der Waals surface area contributed by atoms with Crippen LogP contribution in [0.25, 0.3) is 0 Å². The fraction of sp³-hybridized carbons (Fsp3) is 0.286. The minimum Gasteiger partial charge on any atom is -0.473 e. The van der Waals surface area contributed by atoms with Gasteiger partial charge in [0.1, 0.15) is 24.1 Å². The van der Waals surface area contributed by atoms with Gasteiger partial charge in [0.25, 0.3) is 0 Å². The van der Waals surface area contributed by atoms with Crippen LogP contribution >= 0.6 is 0 Å². The van der Waals surface area contributed by atoms with Gasteiger partial charge in [-0.05, 0) is 12.5 Å². The van der Waals surface area contributed by atoms with Crippen molar-refractivity contribution in [1.29, 1.82) is 0 Å². The van der Waals surface area contributed by atoms with Crippen molar-refractivity contribution in [1.82, 2.24) is 9.97 Å². The molecule has 0 aliphatic carbocycles. The van der Waals surface area contributed by atoms with Crippen LogP contribution in [0.4, 0.5) is 10.2 Å². The maximum absolute atomic E-state index is 13.4. The second-order valence-electron chi connectivity index (χ2n) is 4.18. The molecule has 0 amide bonds. The van der Waals surface area contributed by atoms with Crippen LogP contribution in [0.3, 0.4) is 0 Å². The lowest BCUT2D eigenvalue weighted by molar-refractivity contribution is 0.286. The third-order valence-electron chi connectivity index (χ3n) is 2.58. The molecule has 0 unspecified atom stereocenters. The number of aryl methyl sites for hydroxylation is 1. The zero-order valence-corrected chi connectivity index (χ0v) is 10.8. The Kier molecular flexibility index (Phi) is 4.28. The average Bonchev–Trinajstić information content (AvgIpc) is 2.37. The Morgan fingerprint density at radius 1 is 1.26 bits per heavy atom. The van der Waals surface area contributed by atoms with Crippen LogP contribution in [0, 0.1) is 5.82 Å². The summed E-state index contributed by atoms with van der Waals surface area (Å²) < 4.78 is 18.9. The molecule has 5 heteroatoms. The maximum atomic E-state index is 13.4. The van der Waals surface area contributed by atoms with Gasteiger partial charge in [-0.2, -0.15) is 4.98 Å². The molecule has 0 saturated heterocycles. The topological polar surface area (TPSA) is 61.0 Å². The van der Waals surface area contributed by atoms with E-state index in [1.807, 2.05) is 6.92 Å². The van der Waals surface area contributed by atoms with Crippen LogP contribution in [0.5, 0.6) is 5.88 Å². The highest BCUT2D eigenvalue weighted by Crippen LogP contribution is 2.15. The molecule has 0 bridgehead atoms. The molecule has 2 aromatic rings. The molecular weight excluding hydrogens is 245 g/mol. The highest BCUT2D eigenvalue weighted by atomic mass is 19.1. The summed E-state index contributed by atoms with van der Waals surface area (Å²) in [5.74, 6) is 1.09. The first-order valence-corrected chi connectivity index (χ1v) is 6.18. The summed E-state index contributed by atoms with van der Waals surface area (Å²) in [6.07, 6.45) is 1.66. The normalized spacial score (nSPS) is 10.4. The van der Waals surface area contributed by atoms with Gasteiger partial charge in [-0.15, -0.1) is 0 Å². The first kappa shape index (κ1) is 13.3. The lowest BCUT2D eigenvalue weighted by Crippen LogP contribution is -2.04. The molecule has 0 aliphatic rings. The smallest absolute Gasteiger partial charge is 0.219 e. The molecule has 2 N–H and O–H groups in total. The van der Waals surface area contributed by atoms with Gasteiger partial charge >= 0.3 is 0 Å². The standard InChI is InChI=1S/C14H16FN3O/c1-2-5-13-17-12(16)8-14(18-13)19-9-10-6-3-4-7-11(10)15/h3-4,6-8H,2,5,9H2,1H3,(H2,16,17,18). The van der Waals surface area contributed by atoms with Gasteiger partial charge in [-0.3, -0.25) is 0 Å². The summed E-state index contributed by atoms with van der Waals surface area (Å²) in [6, 6.07) is 8.02. The molecule has 0 aliphatic heterocycles. The summed E-state index contributed by atoms with van der Waals surface area (Å²) in [5, 5.41) is 0. The molecule has 100 valence electrons. The van der Waals surface area contributed by atoms with Crippen molar-refractivity contribution in [2.75, 3.05) is 5.73 Å². The molecule has 1 aromatic heterocycles. The Hall–Kier alpha value is -2.17. The van der Waals surface area contributed by atoms with E-state index in [9.17, 15) is 4.39 Å². The zero-order valence-electron chi connectivity index (χ0n) is 10.8. The van der Waals surface area contributed by atoms with Gasteiger partial charge in [0, 0.05) is 18.1 Å². The van der Waals surface area contributed by atoms with Gasteiger partial charge in [-0.1, -0.05) is 25.1 Å². The number of anilines is 1. The number of nitrogen functional groups attached to an aromatic ring is 1. The number of ether oxygens (including phenoxy) is 1. The van der Waals surface area contributed by atoms with Gasteiger partial charge in [0.05, 0.1) is 0 Å². The molecule has 1 heterocycles. The largest absolute Gasteiger partial charge is 0.473 e. The van der Waals surface area contributed by atoms with E-state index >= 15 is 0 Å². The van der Waals surface area contributed by atoms with Crippen molar-refractivity contribution in [3.63, 3.8) is 0 Å². The lowest BCUT2D eigenvalue weighted by atomic mass is 10.2. The third-order valence-corrected chi connectivity index (χ3v) is 2.58. The molecule has 0 radical (unpaired) electrons. The Morgan fingerprint density at radius 2 is 2.05 bits per heavy atom. The second kappa shape index (κ2) is 6.13. The number of hydrogen-bond acceptors (Lipinski definition) is 4. The van der Waals surface area contributed by atoms with Crippen LogP contribution in [0.15, 0.2) is 30.3 Å². The van der Waals surface area contributed by atoms with Gasteiger partial charge in [0.15, 0.2) is 0 Å². The number of rotatable bonds is 5. The fourth-order valence-electron chi connectivity index (χ4n) is 1.67. The number of nitrogens with two attached hydrogens (primary N) is 1. The highest BCUT2D eigenvalue weighted by Gasteiger charge is 2.05. The first-order chi connectivity index (χ1) is 9.19. The zero-order chi connectivity index (χ0) is 13.7. The van der Waals surface area contributed by atoms with Crippen molar-refractivity contribution < 1.29 is 9.13 Å². The van der Waals surface area contributed by atoms with Crippen molar-refractivity contribution in [3.05, 3.63) is 47.5 Å². The Balaban J connectivity index is 2.09. The van der Waals surface area contributed by atoms with Gasteiger partial charge in [-0.25, -0.2) is 9.37 Å². The van der Waals surface area contributed by atoms with E-state index < -0.39 is 0 Å². The Bertz CT molecular complexity index is 560. The van der Waals surface area contributed by atoms with Gasteiger partial charge in [0.2, 0.25) is 5.88 Å². The van der Waals surface area contributed by atoms with Crippen LogP contribution in [0.2, 0.25) is 0 Å². The van der Waals surface area contributed by atoms with Gasteiger partial charge < -0.3 is 10.5 Å². The van der Waals surface area contributed by atoms with Crippen molar-refractivity contribution in [3.8, 4) is 5.88 Å². The average molecular weight is 261 g/mol. The summed E-state index contributed by atoms with van der Waals surface area (Å²) in [7, 11) is 0. The monoisotopic (exact) mass is 261 g/mol. The van der Waals surface area contributed by atoms with E-state index in [1.165, 1.54) is 6.07 Å². The van der Waals surface area contributed by atoms with E-state index in [0.29, 0.717) is 23.1 Å². The highest BCUT2D eigenvalue weighted by molar-refractivity contribution is 5.33. The summed E-state index contributed by atoms with van der Waals surface area (Å²) >= 11 is 0. The number of hydrogen-bond donors (Lipinski definition) is 1. The quantitative estimate of drug-likeness (QED) is 0.899. The summed E-state index contributed by atoms with van der Waals surface area (Å²) in [6.45, 7) is 2.15. The van der Waals surface area contributed by atoms with E-state index in [2.05, 4.69) is 9.97 Å². The van der Waals surface area contributed by atoms with Crippen molar-refractivity contribution in [2.24, 2.45) is 0 Å². The second-order valence-corrected chi connectivity index (χ2v) is 4.18. The molecule has 19 heavy (non-hydrogen) atoms. The van der Waals surface area contributed by atoms with Crippen molar-refractivity contribution >= 4 is 5.82 Å². The number of nitrogens with zero attached hydrogens (tertiary/aromatic N) is 2. The van der Waals surface area contributed by atoms with E-state index in [4.69, 9.17) is 10.5 Å². The molecule has 2 rings (SSSR count). The lowest BCUT2D eigenvalue weighted by Gasteiger charge is -2.08. The number of benzene rings is 1. The molecular formula is C14H16FN3O. The van der Waals surface area contributed by atoms with Crippen molar-refractivity contribution in [2.45, 2.75) is 26.4 Å². The van der Waals surface area contributed by atoms with E-state index in [1.54, 1.807) is 24.3 Å². The number of aromatic nitrogens is 2. The summed E-state index contributed by atoms with van der Waals surface area (Å²) in [4.78, 5) is 8.34.